The Hall–Kier alpha value is -1.55. The predicted octanol–water partition coefficient (Wildman–Crippen LogP) is 2.26. The molecule has 1 aromatic rings. The van der Waals surface area contributed by atoms with Gasteiger partial charge >= 0.3 is 0 Å². The van der Waals surface area contributed by atoms with Gasteiger partial charge in [-0.25, -0.2) is 0 Å². The van der Waals surface area contributed by atoms with Crippen molar-refractivity contribution in [3.8, 4) is 0 Å². The molecule has 0 aromatic heterocycles. The quantitative estimate of drug-likeness (QED) is 0.681. The van der Waals surface area contributed by atoms with E-state index < -0.39 is 0 Å². The van der Waals surface area contributed by atoms with Crippen molar-refractivity contribution in [3.63, 3.8) is 0 Å². The van der Waals surface area contributed by atoms with Crippen LogP contribution in [0.2, 0.25) is 0 Å². The van der Waals surface area contributed by atoms with Crippen LogP contribution in [0.3, 0.4) is 0 Å². The molecular weight excluding hydrogens is 250 g/mol. The van der Waals surface area contributed by atoms with Crippen LogP contribution in [0.25, 0.3) is 0 Å². The molecule has 0 atom stereocenters. The summed E-state index contributed by atoms with van der Waals surface area (Å²) in [5, 5.41) is 6.09. The molecule has 0 saturated heterocycles. The van der Waals surface area contributed by atoms with Crippen molar-refractivity contribution in [2.24, 2.45) is 0 Å². The van der Waals surface area contributed by atoms with Crippen LogP contribution in [0.1, 0.15) is 37.6 Å². The molecule has 0 heterocycles. The van der Waals surface area contributed by atoms with Gasteiger partial charge in [-0.3, -0.25) is 4.79 Å². The van der Waals surface area contributed by atoms with E-state index in [0.29, 0.717) is 6.54 Å². The van der Waals surface area contributed by atoms with Gasteiger partial charge in [-0.05, 0) is 44.2 Å². The molecule has 0 aliphatic carbocycles. The van der Waals surface area contributed by atoms with Gasteiger partial charge in [0.05, 0.1) is 0 Å². The molecule has 0 unspecified atom stereocenters. The van der Waals surface area contributed by atoms with E-state index >= 15 is 0 Å². The van der Waals surface area contributed by atoms with Gasteiger partial charge in [0, 0.05) is 37.4 Å². The first-order chi connectivity index (χ1) is 9.72. The Labute approximate surface area is 122 Å². The fourth-order valence-corrected chi connectivity index (χ4v) is 2.11. The molecule has 20 heavy (non-hydrogen) atoms. The fraction of sp³-hybridized carbons (Fsp3) is 0.562. The summed E-state index contributed by atoms with van der Waals surface area (Å²) in [5.41, 5.74) is 1.90. The van der Waals surface area contributed by atoms with Crippen LogP contribution in [-0.4, -0.2) is 38.6 Å². The largest absolute Gasteiger partial charge is 0.372 e. The van der Waals surface area contributed by atoms with Crippen LogP contribution < -0.4 is 15.5 Å². The smallest absolute Gasteiger partial charge is 0.251 e. The second kappa shape index (κ2) is 9.37. The topological polar surface area (TPSA) is 44.4 Å². The zero-order valence-electron chi connectivity index (χ0n) is 12.9. The Bertz CT molecular complexity index is 389. The average molecular weight is 277 g/mol. The summed E-state index contributed by atoms with van der Waals surface area (Å²) in [4.78, 5) is 14.2. The number of anilines is 1. The normalized spacial score (nSPS) is 10.3. The van der Waals surface area contributed by atoms with Crippen molar-refractivity contribution in [1.82, 2.24) is 10.6 Å². The molecule has 0 aliphatic rings. The first-order valence-electron chi connectivity index (χ1n) is 7.56. The van der Waals surface area contributed by atoms with E-state index in [9.17, 15) is 4.79 Å². The highest BCUT2D eigenvalue weighted by Crippen LogP contribution is 2.15. The zero-order valence-corrected chi connectivity index (χ0v) is 12.9. The molecular formula is C16H27N3O. The molecule has 2 N–H and O–H groups in total. The Morgan fingerprint density at radius 3 is 2.35 bits per heavy atom. The Balaban J connectivity index is 2.54. The summed E-state index contributed by atoms with van der Waals surface area (Å²) in [6, 6.07) is 7.85. The van der Waals surface area contributed by atoms with Crippen molar-refractivity contribution in [1.29, 1.82) is 0 Å². The van der Waals surface area contributed by atoms with E-state index in [2.05, 4.69) is 36.3 Å². The van der Waals surface area contributed by atoms with Gasteiger partial charge < -0.3 is 15.5 Å². The van der Waals surface area contributed by atoms with Gasteiger partial charge in [0.2, 0.25) is 0 Å². The van der Waals surface area contributed by atoms with Crippen LogP contribution in [0.15, 0.2) is 24.3 Å². The second-order valence-corrected chi connectivity index (χ2v) is 4.74. The molecule has 1 aromatic carbocycles. The second-order valence-electron chi connectivity index (χ2n) is 4.74. The highest BCUT2D eigenvalue weighted by molar-refractivity contribution is 5.94. The number of amides is 1. The maximum absolute atomic E-state index is 11.9. The SMILES string of the molecule is CCCN(CC)c1ccc(C(=O)NCCNCC)cc1. The third-order valence-corrected chi connectivity index (χ3v) is 3.21. The number of rotatable bonds is 9. The summed E-state index contributed by atoms with van der Waals surface area (Å²) < 4.78 is 0. The average Bonchev–Trinajstić information content (AvgIpc) is 2.49. The summed E-state index contributed by atoms with van der Waals surface area (Å²) >= 11 is 0. The molecule has 0 fully saturated rings. The Kier molecular flexibility index (Phi) is 7.73. The molecule has 1 amide bonds. The Morgan fingerprint density at radius 2 is 1.80 bits per heavy atom. The number of benzene rings is 1. The molecule has 0 spiro atoms. The number of likely N-dealkylation sites (N-methyl/N-ethyl adjacent to an activating group) is 1. The molecule has 1 rings (SSSR count). The van der Waals surface area contributed by atoms with Crippen LogP contribution in [0.4, 0.5) is 5.69 Å². The molecule has 4 nitrogen and oxygen atoms in total. The van der Waals surface area contributed by atoms with Gasteiger partial charge in [0.25, 0.3) is 5.91 Å². The third-order valence-electron chi connectivity index (χ3n) is 3.21. The van der Waals surface area contributed by atoms with Crippen molar-refractivity contribution >= 4 is 11.6 Å². The highest BCUT2D eigenvalue weighted by atomic mass is 16.1. The van der Waals surface area contributed by atoms with E-state index in [1.54, 1.807) is 0 Å². The minimum Gasteiger partial charge on any atom is -0.372 e. The summed E-state index contributed by atoms with van der Waals surface area (Å²) in [6.07, 6.45) is 1.13. The predicted molar refractivity (Wildman–Crippen MR) is 85.5 cm³/mol. The fourth-order valence-electron chi connectivity index (χ4n) is 2.11. The summed E-state index contributed by atoms with van der Waals surface area (Å²) in [5.74, 6) is -0.00649. The van der Waals surface area contributed by atoms with Crippen LogP contribution in [0, 0.1) is 0 Å². The van der Waals surface area contributed by atoms with Gasteiger partial charge in [-0.15, -0.1) is 0 Å². The summed E-state index contributed by atoms with van der Waals surface area (Å²) in [6.45, 7) is 10.8. The van der Waals surface area contributed by atoms with E-state index in [1.165, 1.54) is 5.69 Å². The lowest BCUT2D eigenvalue weighted by Crippen LogP contribution is -2.31. The third kappa shape index (κ3) is 5.21. The number of hydrogen-bond donors (Lipinski definition) is 2. The standard InChI is InChI=1S/C16H27N3O/c1-4-13-19(6-3)15-9-7-14(8-10-15)16(20)18-12-11-17-5-2/h7-10,17H,4-6,11-13H2,1-3H3,(H,18,20). The lowest BCUT2D eigenvalue weighted by Gasteiger charge is -2.22. The van der Waals surface area contributed by atoms with Crippen molar-refractivity contribution in [2.75, 3.05) is 37.6 Å². The minimum atomic E-state index is -0.00649. The lowest BCUT2D eigenvalue weighted by molar-refractivity contribution is 0.0954. The van der Waals surface area contributed by atoms with Crippen molar-refractivity contribution in [3.05, 3.63) is 29.8 Å². The van der Waals surface area contributed by atoms with Gasteiger partial charge in [-0.2, -0.15) is 0 Å². The molecule has 0 saturated carbocycles. The lowest BCUT2D eigenvalue weighted by atomic mass is 10.1. The van der Waals surface area contributed by atoms with Crippen LogP contribution in [0.5, 0.6) is 0 Å². The summed E-state index contributed by atoms with van der Waals surface area (Å²) in [7, 11) is 0. The number of carbonyl (C=O) groups is 1. The van der Waals surface area contributed by atoms with Gasteiger partial charge in [0.15, 0.2) is 0 Å². The minimum absolute atomic E-state index is 0.00649. The maximum Gasteiger partial charge on any atom is 0.251 e. The number of nitrogens with zero attached hydrogens (tertiary/aromatic N) is 1. The molecule has 0 aliphatic heterocycles. The van der Waals surface area contributed by atoms with Gasteiger partial charge in [-0.1, -0.05) is 13.8 Å². The Morgan fingerprint density at radius 1 is 1.10 bits per heavy atom. The number of hydrogen-bond acceptors (Lipinski definition) is 3. The molecule has 0 bridgehead atoms. The molecule has 112 valence electrons. The van der Waals surface area contributed by atoms with Crippen LogP contribution >= 0.6 is 0 Å². The maximum atomic E-state index is 11.9. The van der Waals surface area contributed by atoms with E-state index in [4.69, 9.17) is 0 Å². The zero-order chi connectivity index (χ0) is 14.8. The van der Waals surface area contributed by atoms with Crippen LogP contribution in [-0.2, 0) is 0 Å². The van der Waals surface area contributed by atoms with E-state index in [0.717, 1.165) is 38.2 Å². The molecule has 0 radical (unpaired) electrons. The number of nitrogens with one attached hydrogen (secondary N) is 2. The first kappa shape index (κ1) is 16.5. The first-order valence-corrected chi connectivity index (χ1v) is 7.56. The van der Waals surface area contributed by atoms with E-state index in [1.807, 2.05) is 24.3 Å². The number of carbonyl (C=O) groups excluding carboxylic acids is 1. The highest BCUT2D eigenvalue weighted by Gasteiger charge is 2.07. The molecule has 4 heteroatoms. The van der Waals surface area contributed by atoms with Crippen molar-refractivity contribution < 1.29 is 4.79 Å². The van der Waals surface area contributed by atoms with E-state index in [-0.39, 0.29) is 5.91 Å². The van der Waals surface area contributed by atoms with Gasteiger partial charge in [0.1, 0.15) is 0 Å². The monoisotopic (exact) mass is 277 g/mol. The van der Waals surface area contributed by atoms with Crippen molar-refractivity contribution in [2.45, 2.75) is 27.2 Å².